The molecule has 198 valence electrons. The maximum atomic E-state index is 12.9. The number of ether oxygens (including phenoxy) is 1. The van der Waals surface area contributed by atoms with Gasteiger partial charge in [-0.3, -0.25) is 9.80 Å². The van der Waals surface area contributed by atoms with Crippen LogP contribution in [0.4, 0.5) is 4.79 Å². The second-order valence-corrected chi connectivity index (χ2v) is 11.6. The van der Waals surface area contributed by atoms with Crippen LogP contribution in [0.1, 0.15) is 50.3 Å². The fraction of sp³-hybridized carbons (Fsp3) is 0.364. The van der Waals surface area contributed by atoms with Crippen molar-refractivity contribution < 1.29 is 14.6 Å². The standard InChI is InChI=1S/C33H38N2O3/c1-31(2,3)29-32(22-23-38-4)21-20-28(35(32)30(36)37)24-34(29)33(25-14-8-5-9-15-25,26-16-10-6-11-17-26)27-18-12-7-13-19-27/h5-19,22-23,28-29H,20-21,24H2,1-4H3,(H,36,37)/b23-22+. The Balaban J connectivity index is 1.89. The molecular formula is C33H38N2O3. The number of amides is 1. The predicted molar refractivity (Wildman–Crippen MR) is 151 cm³/mol. The molecule has 0 aromatic heterocycles. The third-order valence-electron chi connectivity index (χ3n) is 8.41. The first-order chi connectivity index (χ1) is 18.3. The quantitative estimate of drug-likeness (QED) is 0.294. The number of carbonyl (C=O) groups is 1. The zero-order valence-electron chi connectivity index (χ0n) is 22.7. The molecular weight excluding hydrogens is 472 g/mol. The number of benzene rings is 3. The number of likely N-dealkylation sites (tertiary alicyclic amines) is 1. The molecule has 0 saturated carbocycles. The molecule has 3 aromatic carbocycles. The van der Waals surface area contributed by atoms with E-state index >= 15 is 0 Å². The van der Waals surface area contributed by atoms with Crippen molar-refractivity contribution in [2.45, 2.75) is 56.8 Å². The van der Waals surface area contributed by atoms with E-state index in [-0.39, 0.29) is 17.5 Å². The van der Waals surface area contributed by atoms with Crippen molar-refractivity contribution in [2.75, 3.05) is 13.7 Å². The third-order valence-corrected chi connectivity index (χ3v) is 8.41. The molecule has 2 aliphatic heterocycles. The van der Waals surface area contributed by atoms with Crippen LogP contribution >= 0.6 is 0 Å². The first kappa shape index (κ1) is 26.1. The minimum absolute atomic E-state index is 0.136. The number of rotatable bonds is 6. The normalized spacial score (nSPS) is 24.1. The zero-order chi connectivity index (χ0) is 27.0. The van der Waals surface area contributed by atoms with E-state index in [9.17, 15) is 9.90 Å². The van der Waals surface area contributed by atoms with Crippen LogP contribution < -0.4 is 0 Å². The van der Waals surface area contributed by atoms with Crippen molar-refractivity contribution in [3.8, 4) is 0 Å². The Bertz CT molecular complexity index is 1170. The molecule has 3 atom stereocenters. The van der Waals surface area contributed by atoms with Crippen molar-refractivity contribution in [3.63, 3.8) is 0 Å². The van der Waals surface area contributed by atoms with Crippen LogP contribution in [0.15, 0.2) is 103 Å². The van der Waals surface area contributed by atoms with Gasteiger partial charge in [-0.1, -0.05) is 112 Å². The molecule has 2 fully saturated rings. The smallest absolute Gasteiger partial charge is 0.408 e. The van der Waals surface area contributed by atoms with Gasteiger partial charge in [0.25, 0.3) is 0 Å². The van der Waals surface area contributed by atoms with Gasteiger partial charge in [0.1, 0.15) is 0 Å². The lowest BCUT2D eigenvalue weighted by molar-refractivity contribution is -0.0886. The molecule has 1 amide bonds. The van der Waals surface area contributed by atoms with Gasteiger partial charge >= 0.3 is 6.09 Å². The molecule has 0 spiro atoms. The molecule has 2 bridgehead atoms. The van der Waals surface area contributed by atoms with Crippen molar-refractivity contribution in [2.24, 2.45) is 5.41 Å². The highest BCUT2D eigenvalue weighted by atomic mass is 16.5. The number of nitrogens with zero attached hydrogens (tertiary/aromatic N) is 2. The number of carboxylic acid groups (broad SMARTS) is 1. The molecule has 5 rings (SSSR count). The molecule has 3 aromatic rings. The number of hydrogen-bond acceptors (Lipinski definition) is 3. The van der Waals surface area contributed by atoms with Crippen LogP contribution in [0.2, 0.25) is 0 Å². The summed E-state index contributed by atoms with van der Waals surface area (Å²) in [5.74, 6) is 0. The van der Waals surface area contributed by atoms with Crippen molar-refractivity contribution in [3.05, 3.63) is 120 Å². The first-order valence-corrected chi connectivity index (χ1v) is 13.4. The van der Waals surface area contributed by atoms with E-state index in [4.69, 9.17) is 4.74 Å². The van der Waals surface area contributed by atoms with Crippen LogP contribution in [0.25, 0.3) is 0 Å². The number of methoxy groups -OCH3 is 1. The van der Waals surface area contributed by atoms with Gasteiger partial charge in [-0.05, 0) is 41.0 Å². The molecule has 2 heterocycles. The molecule has 5 nitrogen and oxygen atoms in total. The lowest BCUT2D eigenvalue weighted by Gasteiger charge is -2.62. The van der Waals surface area contributed by atoms with Crippen LogP contribution in [0.5, 0.6) is 0 Å². The molecule has 0 radical (unpaired) electrons. The summed E-state index contributed by atoms with van der Waals surface area (Å²) in [7, 11) is 1.62. The van der Waals surface area contributed by atoms with Gasteiger partial charge in [0, 0.05) is 18.6 Å². The summed E-state index contributed by atoms with van der Waals surface area (Å²) >= 11 is 0. The summed E-state index contributed by atoms with van der Waals surface area (Å²) in [4.78, 5) is 17.2. The lowest BCUT2D eigenvalue weighted by Crippen LogP contribution is -2.74. The third kappa shape index (κ3) is 4.01. The fourth-order valence-electron chi connectivity index (χ4n) is 7.39. The van der Waals surface area contributed by atoms with Gasteiger partial charge in [0.15, 0.2) is 0 Å². The predicted octanol–water partition coefficient (Wildman–Crippen LogP) is 6.75. The fourth-order valence-corrected chi connectivity index (χ4v) is 7.39. The van der Waals surface area contributed by atoms with Gasteiger partial charge in [-0.15, -0.1) is 0 Å². The molecule has 38 heavy (non-hydrogen) atoms. The topological polar surface area (TPSA) is 53.0 Å². The zero-order valence-corrected chi connectivity index (χ0v) is 22.7. The summed E-state index contributed by atoms with van der Waals surface area (Å²) in [5.41, 5.74) is 1.85. The Morgan fingerprint density at radius 2 is 1.37 bits per heavy atom. The molecule has 2 saturated heterocycles. The van der Waals surface area contributed by atoms with Gasteiger partial charge in [-0.2, -0.15) is 0 Å². The Kier molecular flexibility index (Phi) is 6.83. The number of hydrogen-bond donors (Lipinski definition) is 1. The molecule has 0 aliphatic carbocycles. The van der Waals surface area contributed by atoms with Crippen molar-refractivity contribution >= 4 is 6.09 Å². The summed E-state index contributed by atoms with van der Waals surface area (Å²) < 4.78 is 5.44. The highest BCUT2D eigenvalue weighted by Gasteiger charge is 2.64. The summed E-state index contributed by atoms with van der Waals surface area (Å²) in [6, 6.07) is 31.8. The first-order valence-electron chi connectivity index (χ1n) is 13.4. The number of piperazine rings is 1. The highest BCUT2D eigenvalue weighted by Crippen LogP contribution is 2.56. The van der Waals surface area contributed by atoms with Crippen LogP contribution in [-0.2, 0) is 10.3 Å². The van der Waals surface area contributed by atoms with Crippen molar-refractivity contribution in [1.29, 1.82) is 0 Å². The minimum Gasteiger partial charge on any atom is -0.505 e. The van der Waals surface area contributed by atoms with Gasteiger partial charge < -0.3 is 9.84 Å². The SMILES string of the molecule is CO/C=C/C12CCC(CN(C(c3ccccc3)(c3ccccc3)c3ccccc3)C1C(C)(C)C)N2C(=O)O. The monoisotopic (exact) mass is 510 g/mol. The Morgan fingerprint density at radius 3 is 1.76 bits per heavy atom. The second kappa shape index (κ2) is 9.95. The summed E-state index contributed by atoms with van der Waals surface area (Å²) in [6.45, 7) is 7.32. The summed E-state index contributed by atoms with van der Waals surface area (Å²) in [5, 5.41) is 10.5. The van der Waals surface area contributed by atoms with E-state index < -0.39 is 17.2 Å². The molecule has 5 heteroatoms. The average Bonchev–Trinajstić information content (AvgIpc) is 3.18. The van der Waals surface area contributed by atoms with Crippen molar-refractivity contribution in [1.82, 2.24) is 9.80 Å². The van der Waals surface area contributed by atoms with Gasteiger partial charge in [0.2, 0.25) is 0 Å². The lowest BCUT2D eigenvalue weighted by atomic mass is 9.66. The Labute approximate surface area is 226 Å². The maximum Gasteiger partial charge on any atom is 0.408 e. The van der Waals surface area contributed by atoms with E-state index in [1.54, 1.807) is 18.3 Å². The second-order valence-electron chi connectivity index (χ2n) is 11.6. The maximum absolute atomic E-state index is 12.9. The van der Waals surface area contributed by atoms with E-state index in [1.165, 1.54) is 16.7 Å². The van der Waals surface area contributed by atoms with Crippen LogP contribution in [0.3, 0.4) is 0 Å². The Hall–Kier alpha value is -3.57. The van der Waals surface area contributed by atoms with E-state index in [0.717, 1.165) is 12.8 Å². The molecule has 1 N–H and O–H groups in total. The minimum atomic E-state index is -0.869. The molecule has 2 aliphatic rings. The Morgan fingerprint density at radius 1 is 0.895 bits per heavy atom. The van der Waals surface area contributed by atoms with E-state index in [1.807, 2.05) is 6.08 Å². The number of fused-ring (bicyclic) bond motifs is 2. The average molecular weight is 511 g/mol. The summed E-state index contributed by atoms with van der Waals surface area (Å²) in [6.07, 6.45) is 4.37. The van der Waals surface area contributed by atoms with Gasteiger partial charge in [0.05, 0.1) is 24.4 Å². The van der Waals surface area contributed by atoms with E-state index in [2.05, 4.69) is 117 Å². The van der Waals surface area contributed by atoms with Crippen LogP contribution in [0, 0.1) is 5.41 Å². The largest absolute Gasteiger partial charge is 0.505 e. The van der Waals surface area contributed by atoms with Crippen LogP contribution in [-0.4, -0.2) is 52.3 Å². The molecule has 3 unspecified atom stereocenters. The van der Waals surface area contributed by atoms with E-state index in [0.29, 0.717) is 6.54 Å². The van der Waals surface area contributed by atoms with Gasteiger partial charge in [-0.25, -0.2) is 4.79 Å². The highest BCUT2D eigenvalue weighted by molar-refractivity contribution is 5.69.